The van der Waals surface area contributed by atoms with Crippen molar-refractivity contribution in [2.45, 2.75) is 25.4 Å². The Labute approximate surface area is 196 Å². The Morgan fingerprint density at radius 3 is 2.49 bits per heavy atom. The molecule has 0 fully saturated rings. The van der Waals surface area contributed by atoms with Crippen molar-refractivity contribution in [2.24, 2.45) is 5.73 Å². The topological polar surface area (TPSA) is 248 Å². The maximum atomic E-state index is 12.4. The fraction of sp³-hybridized carbons (Fsp3) is 0.200. The predicted octanol–water partition coefficient (Wildman–Crippen LogP) is -0.934. The Hall–Kier alpha value is -5.08. The molecule has 0 spiro atoms. The lowest BCUT2D eigenvalue weighted by Crippen LogP contribution is -2.42. The monoisotopic (exact) mass is 483 g/mol. The van der Waals surface area contributed by atoms with E-state index in [9.17, 15) is 29.1 Å². The smallest absolute Gasteiger partial charge is 0.326 e. The molecule has 0 radical (unpaired) electrons. The van der Waals surface area contributed by atoms with E-state index in [-0.39, 0.29) is 42.1 Å². The minimum absolute atomic E-state index is 0.0469. The molecule has 1 aromatic carbocycles. The number of carboxylic acid groups (broad SMARTS) is 1. The van der Waals surface area contributed by atoms with Gasteiger partial charge in [-0.05, 0) is 30.7 Å². The van der Waals surface area contributed by atoms with Crippen molar-refractivity contribution in [2.75, 3.05) is 11.1 Å². The zero-order chi connectivity index (χ0) is 25.5. The highest BCUT2D eigenvalue weighted by atomic mass is 16.4. The van der Waals surface area contributed by atoms with Gasteiger partial charge in [-0.2, -0.15) is 4.98 Å². The van der Waals surface area contributed by atoms with E-state index in [0.29, 0.717) is 11.4 Å². The van der Waals surface area contributed by atoms with E-state index in [1.165, 1.54) is 18.3 Å². The van der Waals surface area contributed by atoms with E-state index in [1.807, 2.05) is 5.32 Å². The Kier molecular flexibility index (Phi) is 7.50. The van der Waals surface area contributed by atoms with Crippen LogP contribution in [-0.2, 0) is 16.1 Å². The molecule has 0 aliphatic carbocycles. The molecule has 15 nitrogen and oxygen atoms in total. The summed E-state index contributed by atoms with van der Waals surface area (Å²) >= 11 is 0. The van der Waals surface area contributed by atoms with Crippen molar-refractivity contribution in [3.8, 4) is 0 Å². The molecule has 2 heterocycles. The van der Waals surface area contributed by atoms with E-state index >= 15 is 0 Å². The number of carbonyl (C=O) groups excluding carboxylic acids is 3. The molecule has 0 aliphatic heterocycles. The van der Waals surface area contributed by atoms with Crippen LogP contribution in [-0.4, -0.2) is 54.9 Å². The molecule has 0 bridgehead atoms. The van der Waals surface area contributed by atoms with Crippen LogP contribution < -0.4 is 33.0 Å². The Morgan fingerprint density at radius 1 is 1.11 bits per heavy atom. The number of amides is 4. The van der Waals surface area contributed by atoms with Gasteiger partial charge in [-0.3, -0.25) is 24.7 Å². The lowest BCUT2D eigenvalue weighted by Gasteiger charge is -2.14. The van der Waals surface area contributed by atoms with Crippen molar-refractivity contribution >= 4 is 46.6 Å². The molecule has 35 heavy (non-hydrogen) atoms. The first-order valence-corrected chi connectivity index (χ1v) is 10.1. The number of rotatable bonds is 9. The van der Waals surface area contributed by atoms with Gasteiger partial charge in [0, 0.05) is 17.7 Å². The van der Waals surface area contributed by atoms with E-state index in [0.717, 1.165) is 0 Å². The molecule has 0 aliphatic rings. The van der Waals surface area contributed by atoms with Crippen molar-refractivity contribution in [3.05, 3.63) is 52.1 Å². The van der Waals surface area contributed by atoms with E-state index in [2.05, 4.69) is 30.6 Å². The van der Waals surface area contributed by atoms with Crippen LogP contribution in [0.1, 0.15) is 28.9 Å². The second kappa shape index (κ2) is 10.7. The number of aromatic amines is 1. The van der Waals surface area contributed by atoms with Gasteiger partial charge in [0.05, 0.1) is 18.4 Å². The SMILES string of the molecule is NC(=O)NC(=O)CC[C@H](NC(=O)c1ccc(NCc2cnc3nc(N)[nH]c(=O)c3n2)cc1)C(=O)O. The van der Waals surface area contributed by atoms with Crippen LogP contribution >= 0.6 is 0 Å². The number of nitrogens with two attached hydrogens (primary N) is 2. The van der Waals surface area contributed by atoms with Gasteiger partial charge in [0.1, 0.15) is 6.04 Å². The Morgan fingerprint density at radius 2 is 1.83 bits per heavy atom. The summed E-state index contributed by atoms with van der Waals surface area (Å²) in [6.45, 7) is 0.215. The lowest BCUT2D eigenvalue weighted by molar-refractivity contribution is -0.139. The maximum absolute atomic E-state index is 12.4. The van der Waals surface area contributed by atoms with Crippen LogP contribution in [0.2, 0.25) is 0 Å². The number of H-pyrrole nitrogens is 1. The summed E-state index contributed by atoms with van der Waals surface area (Å²) in [4.78, 5) is 72.4. The van der Waals surface area contributed by atoms with Crippen LogP contribution in [0, 0.1) is 0 Å². The van der Waals surface area contributed by atoms with Gasteiger partial charge in [0.25, 0.3) is 11.5 Å². The highest BCUT2D eigenvalue weighted by Crippen LogP contribution is 2.12. The highest BCUT2D eigenvalue weighted by Gasteiger charge is 2.22. The number of aliphatic carboxylic acids is 1. The quantitative estimate of drug-likeness (QED) is 0.196. The molecule has 0 saturated carbocycles. The standard InChI is InChI=1S/C20H21N9O6/c21-19-28-15-14(17(32)29-19)25-11(8-24-15)7-23-10-3-1-9(2-4-10)16(31)26-12(18(33)34)5-6-13(30)27-20(22)35/h1-4,8,12,23H,5-7H2,(H,26,31)(H,33,34)(H3,22,27,30,35)(H3,21,24,28,29,32)/t12-/m0/s1. The lowest BCUT2D eigenvalue weighted by atomic mass is 10.1. The normalized spacial score (nSPS) is 11.4. The molecule has 9 N–H and O–H groups in total. The number of fused-ring (bicyclic) bond motifs is 1. The number of nitrogens with one attached hydrogen (secondary N) is 4. The van der Waals surface area contributed by atoms with Crippen molar-refractivity contribution < 1.29 is 24.3 Å². The van der Waals surface area contributed by atoms with Crippen molar-refractivity contribution in [1.82, 2.24) is 30.6 Å². The van der Waals surface area contributed by atoms with Crippen LogP contribution in [0.3, 0.4) is 0 Å². The molecule has 0 saturated heterocycles. The van der Waals surface area contributed by atoms with Gasteiger partial charge in [-0.25, -0.2) is 19.6 Å². The zero-order valence-corrected chi connectivity index (χ0v) is 18.1. The summed E-state index contributed by atoms with van der Waals surface area (Å²) in [7, 11) is 0. The number of anilines is 2. The molecule has 1 atom stereocenters. The zero-order valence-electron chi connectivity index (χ0n) is 18.1. The average molecular weight is 483 g/mol. The number of imide groups is 1. The number of hydrogen-bond donors (Lipinski definition) is 7. The molecule has 3 aromatic rings. The van der Waals surface area contributed by atoms with Gasteiger partial charge >= 0.3 is 12.0 Å². The number of nitrogens with zero attached hydrogens (tertiary/aromatic N) is 3. The first kappa shape index (κ1) is 24.6. The molecule has 15 heteroatoms. The van der Waals surface area contributed by atoms with Crippen LogP contribution in [0.15, 0.2) is 35.3 Å². The summed E-state index contributed by atoms with van der Waals surface area (Å²) in [6.07, 6.45) is 0.881. The fourth-order valence-electron chi connectivity index (χ4n) is 2.96. The summed E-state index contributed by atoms with van der Waals surface area (Å²) in [5, 5.41) is 16.5. The number of hydrogen-bond acceptors (Lipinski definition) is 10. The van der Waals surface area contributed by atoms with Crippen LogP contribution in [0.25, 0.3) is 11.2 Å². The first-order valence-electron chi connectivity index (χ1n) is 10.1. The minimum Gasteiger partial charge on any atom is -0.480 e. The van der Waals surface area contributed by atoms with Crippen molar-refractivity contribution in [1.29, 1.82) is 0 Å². The number of aromatic nitrogens is 4. The summed E-state index contributed by atoms with van der Waals surface area (Å²) in [5.41, 5.74) is 11.2. The van der Waals surface area contributed by atoms with Gasteiger partial charge in [-0.15, -0.1) is 0 Å². The molecule has 2 aromatic heterocycles. The maximum Gasteiger partial charge on any atom is 0.326 e. The largest absolute Gasteiger partial charge is 0.480 e. The van der Waals surface area contributed by atoms with E-state index < -0.39 is 35.4 Å². The number of carbonyl (C=O) groups is 4. The third kappa shape index (κ3) is 6.70. The van der Waals surface area contributed by atoms with Crippen LogP contribution in [0.4, 0.5) is 16.4 Å². The minimum atomic E-state index is -1.35. The van der Waals surface area contributed by atoms with E-state index in [4.69, 9.17) is 11.5 Å². The second-order valence-electron chi connectivity index (χ2n) is 7.23. The van der Waals surface area contributed by atoms with Gasteiger partial charge in [-0.1, -0.05) is 0 Å². The molecule has 0 unspecified atom stereocenters. The summed E-state index contributed by atoms with van der Waals surface area (Å²) in [5.74, 6) is -2.81. The molecule has 182 valence electrons. The van der Waals surface area contributed by atoms with Gasteiger partial charge < -0.3 is 27.2 Å². The summed E-state index contributed by atoms with van der Waals surface area (Å²) < 4.78 is 0. The van der Waals surface area contributed by atoms with Gasteiger partial charge in [0.15, 0.2) is 11.2 Å². The number of primary amides is 1. The molecule has 3 rings (SSSR count). The third-order valence-electron chi connectivity index (χ3n) is 4.63. The third-order valence-corrected chi connectivity index (χ3v) is 4.63. The second-order valence-corrected chi connectivity index (χ2v) is 7.23. The number of urea groups is 1. The van der Waals surface area contributed by atoms with Gasteiger partial charge in [0.2, 0.25) is 11.9 Å². The van der Waals surface area contributed by atoms with E-state index in [1.54, 1.807) is 12.1 Å². The highest BCUT2D eigenvalue weighted by molar-refractivity contribution is 5.97. The number of benzene rings is 1. The number of nitrogen functional groups attached to an aromatic ring is 1. The average Bonchev–Trinajstić information content (AvgIpc) is 2.80. The Balaban J connectivity index is 1.58. The molecular weight excluding hydrogens is 462 g/mol. The molecule has 4 amide bonds. The fourth-order valence-corrected chi connectivity index (χ4v) is 2.96. The Bertz CT molecular complexity index is 1340. The van der Waals surface area contributed by atoms with Crippen LogP contribution in [0.5, 0.6) is 0 Å². The number of carboxylic acids is 1. The van der Waals surface area contributed by atoms with Crippen molar-refractivity contribution in [3.63, 3.8) is 0 Å². The predicted molar refractivity (Wildman–Crippen MR) is 122 cm³/mol. The summed E-state index contributed by atoms with van der Waals surface area (Å²) in [6, 6.07) is 3.73. The first-order chi connectivity index (χ1) is 16.6. The molecular formula is C20H21N9O6.